The monoisotopic (exact) mass is 391 g/mol. The number of carbonyl (C=O) groups is 1. The topological polar surface area (TPSA) is 37.3 Å². The van der Waals surface area contributed by atoms with Gasteiger partial charge in [-0.1, -0.05) is 67.0 Å². The van der Waals surface area contributed by atoms with E-state index in [0.29, 0.717) is 16.6 Å². The maximum atomic E-state index is 10.7. The van der Waals surface area contributed by atoms with E-state index in [1.54, 1.807) is 11.8 Å². The number of benzene rings is 2. The van der Waals surface area contributed by atoms with E-state index in [9.17, 15) is 4.79 Å². The third-order valence-electron chi connectivity index (χ3n) is 3.99. The standard InChI is InChI=1S/C22H28O2S2/c23-22(24)14-8-7-13-21(26-18-20-11-5-2-6-12-20)15-16-25-17-19-9-3-1-4-10-19/h1-6,9-12,21H,7-8,13-18H2,(H,23,24)/i1D,9D,10D. The minimum Gasteiger partial charge on any atom is -0.481 e. The number of aliphatic carboxylic acids is 1. The average molecular weight is 392 g/mol. The van der Waals surface area contributed by atoms with E-state index in [1.807, 2.05) is 30.0 Å². The van der Waals surface area contributed by atoms with Crippen molar-refractivity contribution in [3.8, 4) is 0 Å². The van der Waals surface area contributed by atoms with E-state index >= 15 is 0 Å². The van der Waals surface area contributed by atoms with Gasteiger partial charge in [0, 0.05) is 23.2 Å². The highest BCUT2D eigenvalue weighted by molar-refractivity contribution is 7.99. The lowest BCUT2D eigenvalue weighted by molar-refractivity contribution is -0.137. The van der Waals surface area contributed by atoms with Crippen molar-refractivity contribution in [2.45, 2.75) is 48.9 Å². The molecule has 2 nitrogen and oxygen atoms in total. The van der Waals surface area contributed by atoms with Gasteiger partial charge in [0.15, 0.2) is 0 Å². The van der Waals surface area contributed by atoms with Gasteiger partial charge >= 0.3 is 5.97 Å². The van der Waals surface area contributed by atoms with E-state index in [4.69, 9.17) is 9.22 Å². The molecule has 0 heterocycles. The minimum atomic E-state index is -0.731. The first kappa shape index (κ1) is 16.8. The van der Waals surface area contributed by atoms with Gasteiger partial charge in [-0.25, -0.2) is 0 Å². The molecule has 0 saturated heterocycles. The first-order chi connectivity index (χ1) is 14.0. The Morgan fingerprint density at radius 2 is 1.77 bits per heavy atom. The Labute approximate surface area is 170 Å². The zero-order chi connectivity index (χ0) is 21.1. The first-order valence-corrected chi connectivity index (χ1v) is 11.2. The molecule has 0 aliphatic heterocycles. The molecule has 2 aromatic rings. The molecule has 2 aromatic carbocycles. The van der Waals surface area contributed by atoms with Gasteiger partial charge in [0.2, 0.25) is 0 Å². The molecule has 0 aliphatic rings. The van der Waals surface area contributed by atoms with Gasteiger partial charge in [0.05, 0.1) is 4.11 Å². The zero-order valence-electron chi connectivity index (χ0n) is 17.9. The van der Waals surface area contributed by atoms with Gasteiger partial charge < -0.3 is 5.11 Å². The summed E-state index contributed by atoms with van der Waals surface area (Å²) in [6, 6.07) is 14.1. The molecule has 4 heteroatoms. The van der Waals surface area contributed by atoms with E-state index < -0.39 is 5.97 Å². The molecule has 0 aromatic heterocycles. The predicted molar refractivity (Wildman–Crippen MR) is 115 cm³/mol. The molecule has 0 aliphatic carbocycles. The van der Waals surface area contributed by atoms with Crippen LogP contribution in [0.3, 0.4) is 0 Å². The van der Waals surface area contributed by atoms with E-state index in [2.05, 4.69) is 12.1 Å². The molecule has 1 N–H and O–H groups in total. The molecule has 0 bridgehead atoms. The van der Waals surface area contributed by atoms with Crippen LogP contribution in [0.1, 0.15) is 47.3 Å². The highest BCUT2D eigenvalue weighted by Crippen LogP contribution is 2.27. The van der Waals surface area contributed by atoms with Gasteiger partial charge in [-0.15, -0.1) is 0 Å². The van der Waals surface area contributed by atoms with Crippen LogP contribution < -0.4 is 0 Å². The van der Waals surface area contributed by atoms with Crippen LogP contribution in [-0.4, -0.2) is 22.1 Å². The second-order valence-corrected chi connectivity index (χ2v) is 8.52. The number of hydrogen-bond acceptors (Lipinski definition) is 3. The summed E-state index contributed by atoms with van der Waals surface area (Å²) in [5.41, 5.74) is 2.00. The number of hydrogen-bond donors (Lipinski definition) is 1. The van der Waals surface area contributed by atoms with Crippen molar-refractivity contribution in [3.05, 3.63) is 71.7 Å². The number of rotatable bonds is 13. The molecule has 26 heavy (non-hydrogen) atoms. The van der Waals surface area contributed by atoms with Crippen molar-refractivity contribution in [2.75, 3.05) is 5.75 Å². The van der Waals surface area contributed by atoms with Crippen molar-refractivity contribution < 1.29 is 14.0 Å². The molecule has 0 spiro atoms. The van der Waals surface area contributed by atoms with Crippen LogP contribution in [0.25, 0.3) is 0 Å². The van der Waals surface area contributed by atoms with Crippen LogP contribution in [0.15, 0.2) is 60.6 Å². The molecule has 1 unspecified atom stereocenters. The molecule has 140 valence electrons. The molecule has 2 rings (SSSR count). The minimum absolute atomic E-state index is 0.215. The normalized spacial score (nSPS) is 13.6. The van der Waals surface area contributed by atoms with Gasteiger partial charge in [-0.2, -0.15) is 23.5 Å². The summed E-state index contributed by atoms with van der Waals surface area (Å²) in [5.74, 6) is 1.78. The van der Waals surface area contributed by atoms with E-state index in [0.717, 1.165) is 37.2 Å². The highest BCUT2D eigenvalue weighted by Gasteiger charge is 2.10. The lowest BCUT2D eigenvalue weighted by atomic mass is 10.1. The summed E-state index contributed by atoms with van der Waals surface area (Å²) in [6.07, 6.45) is 3.89. The van der Waals surface area contributed by atoms with Gasteiger partial charge in [-0.05, 0) is 36.1 Å². The zero-order valence-corrected chi connectivity index (χ0v) is 16.6. The Balaban J connectivity index is 1.81. The Bertz CT molecular complexity index is 749. The fourth-order valence-electron chi connectivity index (χ4n) is 2.56. The van der Waals surface area contributed by atoms with Crippen molar-refractivity contribution in [3.63, 3.8) is 0 Å². The number of carboxylic acid groups (broad SMARTS) is 1. The van der Waals surface area contributed by atoms with Crippen LogP contribution >= 0.6 is 23.5 Å². The average Bonchev–Trinajstić information content (AvgIpc) is 2.67. The number of unbranched alkanes of at least 4 members (excludes halogenated alkanes) is 1. The summed E-state index contributed by atoms with van der Waals surface area (Å²) >= 11 is 3.65. The largest absolute Gasteiger partial charge is 0.481 e. The van der Waals surface area contributed by atoms with E-state index in [-0.39, 0.29) is 24.5 Å². The highest BCUT2D eigenvalue weighted by atomic mass is 32.2. The van der Waals surface area contributed by atoms with Gasteiger partial charge in [-0.3, -0.25) is 4.79 Å². The second-order valence-electron chi connectivity index (χ2n) is 6.12. The molecule has 0 amide bonds. The van der Waals surface area contributed by atoms with Crippen molar-refractivity contribution in [1.82, 2.24) is 0 Å². The van der Waals surface area contributed by atoms with Crippen molar-refractivity contribution in [1.29, 1.82) is 0 Å². The Morgan fingerprint density at radius 3 is 2.50 bits per heavy atom. The lowest BCUT2D eigenvalue weighted by Gasteiger charge is -2.16. The summed E-state index contributed by atoms with van der Waals surface area (Å²) in [6.45, 7) is 0. The van der Waals surface area contributed by atoms with Crippen LogP contribution in [0, 0.1) is 0 Å². The second kappa shape index (κ2) is 12.9. The Kier molecular flexibility index (Phi) is 8.30. The molecular formula is C22H28O2S2. The quantitative estimate of drug-likeness (QED) is 0.409. The molecule has 0 saturated carbocycles. The van der Waals surface area contributed by atoms with Crippen LogP contribution in [0.5, 0.6) is 0 Å². The molecule has 0 radical (unpaired) electrons. The van der Waals surface area contributed by atoms with Gasteiger partial charge in [0.25, 0.3) is 0 Å². The van der Waals surface area contributed by atoms with Crippen LogP contribution in [0.4, 0.5) is 0 Å². The van der Waals surface area contributed by atoms with Crippen molar-refractivity contribution >= 4 is 29.5 Å². The third-order valence-corrected chi connectivity index (χ3v) is 6.45. The predicted octanol–water partition coefficient (Wildman–Crippen LogP) is 6.26. The summed E-state index contributed by atoms with van der Waals surface area (Å²) in [4.78, 5) is 10.7. The number of thioether (sulfide) groups is 2. The van der Waals surface area contributed by atoms with Gasteiger partial charge in [0.1, 0.15) is 0 Å². The molecular weight excluding hydrogens is 360 g/mol. The van der Waals surface area contributed by atoms with Crippen molar-refractivity contribution in [2.24, 2.45) is 0 Å². The first-order valence-electron chi connectivity index (χ1n) is 10.5. The fourth-order valence-corrected chi connectivity index (χ4v) is 4.91. The maximum absolute atomic E-state index is 10.7. The summed E-state index contributed by atoms with van der Waals surface area (Å²) in [7, 11) is 0. The Morgan fingerprint density at radius 1 is 1.00 bits per heavy atom. The lowest BCUT2D eigenvalue weighted by Crippen LogP contribution is -2.06. The molecule has 1 atom stereocenters. The van der Waals surface area contributed by atoms with Crippen LogP contribution in [-0.2, 0) is 16.3 Å². The van der Waals surface area contributed by atoms with E-state index in [1.165, 1.54) is 17.7 Å². The SMILES string of the molecule is [2H]c1cc([2H])c(CSCCC(CCCCC(=O)O)SCc2ccccc2)c([2H])c1. The Hall–Kier alpha value is -1.39. The summed E-state index contributed by atoms with van der Waals surface area (Å²) in [5, 5.41) is 9.29. The number of carboxylic acids is 1. The maximum Gasteiger partial charge on any atom is 0.303 e. The smallest absolute Gasteiger partial charge is 0.303 e. The van der Waals surface area contributed by atoms with Crippen LogP contribution in [0.2, 0.25) is 0 Å². The third kappa shape index (κ3) is 9.35. The fraction of sp³-hybridized carbons (Fsp3) is 0.409. The summed E-state index contributed by atoms with van der Waals surface area (Å²) < 4.78 is 23.5. The molecule has 0 fully saturated rings.